The Morgan fingerprint density at radius 1 is 1.57 bits per heavy atom. The number of fused-ring (bicyclic) bond motifs is 1. The van der Waals surface area contributed by atoms with Gasteiger partial charge in [0.2, 0.25) is 0 Å². The molecule has 0 fully saturated rings. The van der Waals surface area contributed by atoms with Crippen LogP contribution in [0, 0.1) is 0 Å². The van der Waals surface area contributed by atoms with Crippen molar-refractivity contribution in [2.45, 2.75) is 12.5 Å². The summed E-state index contributed by atoms with van der Waals surface area (Å²) in [4.78, 5) is 2.33. The first-order valence-electron chi connectivity index (χ1n) is 4.91. The largest absolute Gasteiger partial charge is 0.329 e. The molecule has 0 amide bonds. The van der Waals surface area contributed by atoms with Crippen LogP contribution in [0.2, 0.25) is 0 Å². The standard InChI is InChI=1S/C11H15BrN2/c1-14-5-4-8-6-9(12)2-3-10(8)11(14)7-13/h2-3,6,11H,4-5,7,13H2,1H3. The molecular weight excluding hydrogens is 240 g/mol. The van der Waals surface area contributed by atoms with Crippen molar-refractivity contribution in [1.29, 1.82) is 0 Å². The van der Waals surface area contributed by atoms with Crippen molar-refractivity contribution in [1.82, 2.24) is 4.90 Å². The Labute approximate surface area is 93.2 Å². The Morgan fingerprint density at radius 3 is 3.07 bits per heavy atom. The molecule has 0 spiro atoms. The number of hydrogen-bond donors (Lipinski definition) is 1. The maximum absolute atomic E-state index is 5.79. The minimum atomic E-state index is 0.395. The Morgan fingerprint density at radius 2 is 2.36 bits per heavy atom. The number of likely N-dealkylation sites (N-methyl/N-ethyl adjacent to an activating group) is 1. The molecule has 0 saturated carbocycles. The summed E-state index contributed by atoms with van der Waals surface area (Å²) in [7, 11) is 2.14. The van der Waals surface area contributed by atoms with Gasteiger partial charge in [0.25, 0.3) is 0 Å². The van der Waals surface area contributed by atoms with Crippen LogP contribution in [-0.4, -0.2) is 25.0 Å². The first kappa shape index (κ1) is 10.1. The molecule has 1 aliphatic rings. The average Bonchev–Trinajstić information content (AvgIpc) is 2.18. The molecule has 14 heavy (non-hydrogen) atoms. The average molecular weight is 255 g/mol. The molecule has 1 heterocycles. The van der Waals surface area contributed by atoms with E-state index >= 15 is 0 Å². The quantitative estimate of drug-likeness (QED) is 0.830. The number of hydrogen-bond acceptors (Lipinski definition) is 2. The van der Waals surface area contributed by atoms with E-state index in [2.05, 4.69) is 46.1 Å². The van der Waals surface area contributed by atoms with Crippen LogP contribution in [0.1, 0.15) is 17.2 Å². The lowest BCUT2D eigenvalue weighted by molar-refractivity contribution is 0.236. The van der Waals surface area contributed by atoms with Gasteiger partial charge in [-0.1, -0.05) is 22.0 Å². The van der Waals surface area contributed by atoms with E-state index in [1.54, 1.807) is 0 Å². The summed E-state index contributed by atoms with van der Waals surface area (Å²) in [5.74, 6) is 0. The molecule has 2 N–H and O–H groups in total. The lowest BCUT2D eigenvalue weighted by Gasteiger charge is -2.33. The van der Waals surface area contributed by atoms with Crippen molar-refractivity contribution in [2.24, 2.45) is 5.73 Å². The van der Waals surface area contributed by atoms with Gasteiger partial charge in [0, 0.05) is 23.6 Å². The fourth-order valence-corrected chi connectivity index (χ4v) is 2.52. The van der Waals surface area contributed by atoms with Gasteiger partial charge in [-0.25, -0.2) is 0 Å². The van der Waals surface area contributed by atoms with E-state index in [-0.39, 0.29) is 0 Å². The van der Waals surface area contributed by atoms with Gasteiger partial charge in [-0.15, -0.1) is 0 Å². The minimum absolute atomic E-state index is 0.395. The first-order valence-corrected chi connectivity index (χ1v) is 5.70. The number of benzene rings is 1. The molecule has 0 aliphatic carbocycles. The fourth-order valence-electron chi connectivity index (χ4n) is 2.11. The predicted octanol–water partition coefficient (Wildman–Crippen LogP) is 1.94. The highest BCUT2D eigenvalue weighted by Gasteiger charge is 2.22. The monoisotopic (exact) mass is 254 g/mol. The van der Waals surface area contributed by atoms with Crippen molar-refractivity contribution in [2.75, 3.05) is 20.1 Å². The molecule has 0 saturated heterocycles. The van der Waals surface area contributed by atoms with Gasteiger partial charge in [-0.3, -0.25) is 4.90 Å². The van der Waals surface area contributed by atoms with Crippen LogP contribution in [0.5, 0.6) is 0 Å². The van der Waals surface area contributed by atoms with Gasteiger partial charge in [0.05, 0.1) is 0 Å². The smallest absolute Gasteiger partial charge is 0.0470 e. The van der Waals surface area contributed by atoms with E-state index in [0.717, 1.165) is 17.4 Å². The summed E-state index contributed by atoms with van der Waals surface area (Å²) < 4.78 is 1.16. The Kier molecular flexibility index (Phi) is 2.91. The van der Waals surface area contributed by atoms with E-state index in [0.29, 0.717) is 12.6 Å². The lowest BCUT2D eigenvalue weighted by Crippen LogP contribution is -2.36. The summed E-state index contributed by atoms with van der Waals surface area (Å²) in [5.41, 5.74) is 8.62. The van der Waals surface area contributed by atoms with Crippen molar-refractivity contribution in [3.63, 3.8) is 0 Å². The molecule has 0 aromatic heterocycles. The van der Waals surface area contributed by atoms with Crippen LogP contribution in [0.15, 0.2) is 22.7 Å². The van der Waals surface area contributed by atoms with Gasteiger partial charge in [-0.2, -0.15) is 0 Å². The maximum Gasteiger partial charge on any atom is 0.0470 e. The van der Waals surface area contributed by atoms with Gasteiger partial charge >= 0.3 is 0 Å². The molecule has 0 bridgehead atoms. The van der Waals surface area contributed by atoms with Gasteiger partial charge in [-0.05, 0) is 36.7 Å². The third kappa shape index (κ3) is 1.72. The van der Waals surface area contributed by atoms with Gasteiger partial charge in [0.1, 0.15) is 0 Å². The number of nitrogens with zero attached hydrogens (tertiary/aromatic N) is 1. The Bertz CT molecular complexity index is 338. The SMILES string of the molecule is CN1CCc2cc(Br)ccc2C1CN. The van der Waals surface area contributed by atoms with Crippen molar-refractivity contribution in [3.8, 4) is 0 Å². The zero-order chi connectivity index (χ0) is 10.1. The molecule has 2 rings (SSSR count). The zero-order valence-corrected chi connectivity index (χ0v) is 9.92. The molecule has 76 valence electrons. The highest BCUT2D eigenvalue weighted by Crippen LogP contribution is 2.29. The van der Waals surface area contributed by atoms with Crippen molar-refractivity contribution in [3.05, 3.63) is 33.8 Å². The normalized spacial score (nSPS) is 22.1. The summed E-state index contributed by atoms with van der Waals surface area (Å²) in [5, 5.41) is 0. The fraction of sp³-hybridized carbons (Fsp3) is 0.455. The van der Waals surface area contributed by atoms with Crippen LogP contribution in [0.3, 0.4) is 0 Å². The van der Waals surface area contributed by atoms with Gasteiger partial charge in [0.15, 0.2) is 0 Å². The minimum Gasteiger partial charge on any atom is -0.329 e. The van der Waals surface area contributed by atoms with Crippen molar-refractivity contribution >= 4 is 15.9 Å². The van der Waals surface area contributed by atoms with E-state index in [9.17, 15) is 0 Å². The molecule has 0 radical (unpaired) electrons. The van der Waals surface area contributed by atoms with Crippen LogP contribution in [-0.2, 0) is 6.42 Å². The molecule has 1 unspecified atom stereocenters. The van der Waals surface area contributed by atoms with E-state index < -0.39 is 0 Å². The van der Waals surface area contributed by atoms with E-state index in [1.165, 1.54) is 11.1 Å². The third-order valence-corrected chi connectivity index (χ3v) is 3.45. The number of nitrogens with two attached hydrogens (primary N) is 1. The van der Waals surface area contributed by atoms with Crippen LogP contribution in [0.4, 0.5) is 0 Å². The molecule has 1 aliphatic heterocycles. The highest BCUT2D eigenvalue weighted by molar-refractivity contribution is 9.10. The van der Waals surface area contributed by atoms with Crippen molar-refractivity contribution < 1.29 is 0 Å². The molecule has 1 atom stereocenters. The second-order valence-corrected chi connectivity index (χ2v) is 4.74. The Hall–Kier alpha value is -0.380. The third-order valence-electron chi connectivity index (χ3n) is 2.95. The van der Waals surface area contributed by atoms with Gasteiger partial charge < -0.3 is 5.73 Å². The van der Waals surface area contributed by atoms with E-state index in [1.807, 2.05) is 0 Å². The predicted molar refractivity (Wildman–Crippen MR) is 62.3 cm³/mol. The van der Waals surface area contributed by atoms with Crippen LogP contribution >= 0.6 is 15.9 Å². The summed E-state index contributed by atoms with van der Waals surface area (Å²) in [6, 6.07) is 6.89. The topological polar surface area (TPSA) is 29.3 Å². The number of rotatable bonds is 1. The van der Waals surface area contributed by atoms with Crippen LogP contribution < -0.4 is 5.73 Å². The summed E-state index contributed by atoms with van der Waals surface area (Å²) in [6.07, 6.45) is 1.13. The summed E-state index contributed by atoms with van der Waals surface area (Å²) in [6.45, 7) is 1.80. The molecule has 3 heteroatoms. The number of halogens is 1. The zero-order valence-electron chi connectivity index (χ0n) is 8.33. The molecule has 1 aromatic carbocycles. The lowest BCUT2D eigenvalue weighted by atomic mass is 9.93. The molecule has 1 aromatic rings. The first-order chi connectivity index (χ1) is 6.72. The van der Waals surface area contributed by atoms with Crippen LogP contribution in [0.25, 0.3) is 0 Å². The Balaban J connectivity index is 2.41. The molecular formula is C11H15BrN2. The summed E-state index contributed by atoms with van der Waals surface area (Å²) >= 11 is 3.50. The molecule has 2 nitrogen and oxygen atoms in total. The second-order valence-electron chi connectivity index (χ2n) is 3.83. The second kappa shape index (κ2) is 4.01. The highest BCUT2D eigenvalue weighted by atomic mass is 79.9. The maximum atomic E-state index is 5.79. The van der Waals surface area contributed by atoms with E-state index in [4.69, 9.17) is 5.73 Å².